The quantitative estimate of drug-likeness (QED) is 0.287. The van der Waals surface area contributed by atoms with Crippen LogP contribution in [0.2, 0.25) is 10.0 Å². The summed E-state index contributed by atoms with van der Waals surface area (Å²) < 4.78 is 14.0. The molecule has 0 atom stereocenters. The first-order valence-electron chi connectivity index (χ1n) is 11.3. The number of aliphatic hydroxyl groups is 1. The monoisotopic (exact) mass is 511 g/mol. The van der Waals surface area contributed by atoms with Gasteiger partial charge < -0.3 is 26.4 Å². The number of amidine groups is 2. The minimum absolute atomic E-state index is 0.00753. The summed E-state index contributed by atoms with van der Waals surface area (Å²) in [5.41, 5.74) is 20.4. The molecule has 34 heavy (non-hydrogen) atoms. The van der Waals surface area contributed by atoms with Crippen molar-refractivity contribution in [2.24, 2.45) is 22.4 Å². The predicted octanol–water partition coefficient (Wildman–Crippen LogP) is -0.392. The lowest BCUT2D eigenvalue weighted by molar-refractivity contribution is -0.399. The van der Waals surface area contributed by atoms with E-state index in [2.05, 4.69) is 25.7 Å². The Morgan fingerprint density at radius 1 is 1.26 bits per heavy atom. The van der Waals surface area contributed by atoms with Gasteiger partial charge in [-0.05, 0) is 44.1 Å². The van der Waals surface area contributed by atoms with Crippen molar-refractivity contribution in [3.05, 3.63) is 56.8 Å². The maximum Gasteiger partial charge on any atom is 0.275 e. The number of halogens is 3. The number of nitrogens with one attached hydrogen (secondary N) is 3. The molecule has 0 saturated carbocycles. The van der Waals surface area contributed by atoms with E-state index in [1.165, 1.54) is 12.1 Å². The summed E-state index contributed by atoms with van der Waals surface area (Å²) in [6.07, 6.45) is 3.70. The molecule has 0 spiro atoms. The van der Waals surface area contributed by atoms with Crippen LogP contribution in [0.1, 0.15) is 18.4 Å². The van der Waals surface area contributed by atoms with Gasteiger partial charge in [-0.15, -0.1) is 0 Å². The highest BCUT2D eigenvalue weighted by Gasteiger charge is 2.31. The Hall–Kier alpha value is -2.53. The normalized spacial score (nSPS) is 22.4. The van der Waals surface area contributed by atoms with E-state index in [-0.39, 0.29) is 18.2 Å². The molecule has 1 aromatic rings. The molecule has 184 valence electrons. The van der Waals surface area contributed by atoms with Gasteiger partial charge in [0.25, 0.3) is 5.82 Å². The van der Waals surface area contributed by atoms with Crippen LogP contribution in [0.15, 0.2) is 40.4 Å². The van der Waals surface area contributed by atoms with Crippen molar-refractivity contribution in [1.29, 1.82) is 0 Å². The Morgan fingerprint density at radius 3 is 2.76 bits per heavy atom. The minimum atomic E-state index is -0.525. The number of aliphatic imine (C=N–C) groups is 1. The number of rotatable bonds is 6. The second-order valence-electron chi connectivity index (χ2n) is 8.50. The summed E-state index contributed by atoms with van der Waals surface area (Å²) in [4.78, 5) is 11.9. The number of hydrogen-bond acceptors (Lipinski definition) is 8. The number of allylic oxidation sites excluding steroid dienone is 1. The molecule has 0 amide bonds. The van der Waals surface area contributed by atoms with Gasteiger partial charge in [0.1, 0.15) is 17.3 Å². The third-order valence-electron chi connectivity index (χ3n) is 6.32. The number of aliphatic hydroxyl groups excluding tert-OH is 1. The Morgan fingerprint density at radius 2 is 2.03 bits per heavy atom. The topological polar surface area (TPSA) is 129 Å². The number of nitrogens with zero attached hydrogens (tertiary/aromatic N) is 3. The van der Waals surface area contributed by atoms with Crippen LogP contribution in [0, 0.1) is 11.7 Å². The van der Waals surface area contributed by atoms with E-state index in [9.17, 15) is 4.39 Å². The van der Waals surface area contributed by atoms with Crippen LogP contribution < -0.4 is 27.3 Å². The molecule has 8 N–H and O–H groups in total. The van der Waals surface area contributed by atoms with Crippen molar-refractivity contribution in [2.75, 3.05) is 39.3 Å². The van der Waals surface area contributed by atoms with Crippen molar-refractivity contribution in [2.45, 2.75) is 19.4 Å². The van der Waals surface area contributed by atoms with Crippen LogP contribution in [0.5, 0.6) is 0 Å². The number of piperidine rings is 1. The number of likely N-dealkylation sites (tertiary alicyclic amines) is 1. The molecule has 9 nitrogen and oxygen atoms in total. The molecular formula is C22H30Cl2FN8O+. The van der Waals surface area contributed by atoms with Crippen LogP contribution in [-0.2, 0) is 6.54 Å². The molecule has 3 aliphatic heterocycles. The molecule has 3 heterocycles. The zero-order chi connectivity index (χ0) is 24.2. The van der Waals surface area contributed by atoms with Crippen LogP contribution in [0.4, 0.5) is 4.39 Å². The molecule has 4 rings (SSSR count). The first-order valence-corrected chi connectivity index (χ1v) is 12.0. The van der Waals surface area contributed by atoms with Crippen LogP contribution >= 0.6 is 23.2 Å². The zero-order valence-corrected chi connectivity index (χ0v) is 20.3. The van der Waals surface area contributed by atoms with Gasteiger partial charge in [-0.3, -0.25) is 4.99 Å². The summed E-state index contributed by atoms with van der Waals surface area (Å²) in [5, 5.41) is 9.50. The maximum atomic E-state index is 14.0. The van der Waals surface area contributed by atoms with Gasteiger partial charge in [-0.2, -0.15) is 10.9 Å². The molecule has 1 fully saturated rings. The lowest BCUT2D eigenvalue weighted by Crippen LogP contribution is -2.71. The average Bonchev–Trinajstić information content (AvgIpc) is 3.32. The average molecular weight is 512 g/mol. The summed E-state index contributed by atoms with van der Waals surface area (Å²) in [7, 11) is 0. The Balaban J connectivity index is 1.53. The van der Waals surface area contributed by atoms with Gasteiger partial charge in [0.2, 0.25) is 5.84 Å². The molecule has 1 aromatic carbocycles. The van der Waals surface area contributed by atoms with E-state index >= 15 is 0 Å². The van der Waals surface area contributed by atoms with Gasteiger partial charge in [0.05, 0.1) is 29.8 Å². The third-order valence-corrected chi connectivity index (χ3v) is 7.08. The fraction of sp³-hybridized carbons (Fsp3) is 0.455. The van der Waals surface area contributed by atoms with Gasteiger partial charge >= 0.3 is 0 Å². The van der Waals surface area contributed by atoms with Crippen molar-refractivity contribution >= 4 is 34.9 Å². The minimum Gasteiger partial charge on any atom is -0.395 e. The third kappa shape index (κ3) is 5.41. The lowest BCUT2D eigenvalue weighted by Gasteiger charge is -2.30. The van der Waals surface area contributed by atoms with Crippen LogP contribution in [0.25, 0.3) is 0 Å². The standard InChI is InChI=1S/C22H29Cl2FN8O/c23-15-1-2-16(25)19(24)14(15)12-33-8-5-28-20(27)18(33)11-17(26)22-29-21(30-31-22)13-3-6-32(7-4-13)9-10-34/h1-2,11,13,31,34H,3-10,12,26H2,(H2,27,28)(H,29,30)/p+1. The molecule has 0 radical (unpaired) electrons. The van der Waals surface area contributed by atoms with Crippen molar-refractivity contribution in [3.8, 4) is 0 Å². The Labute approximate surface area is 208 Å². The predicted molar refractivity (Wildman–Crippen MR) is 131 cm³/mol. The number of nitrogens with two attached hydrogens (primary N) is 2. The molecule has 1 saturated heterocycles. The molecule has 12 heteroatoms. The summed E-state index contributed by atoms with van der Waals surface area (Å²) in [6, 6.07) is 2.73. The molecular weight excluding hydrogens is 482 g/mol. The first-order chi connectivity index (χ1) is 16.4. The van der Waals surface area contributed by atoms with Gasteiger partial charge in [0.15, 0.2) is 0 Å². The highest BCUT2D eigenvalue weighted by Crippen LogP contribution is 2.30. The molecule has 0 unspecified atom stereocenters. The second-order valence-corrected chi connectivity index (χ2v) is 9.28. The molecule has 0 bridgehead atoms. The SMILES string of the molecule is NC1=NCCN(Cc2c(Cl)ccc(F)c2Cl)C1=CC(N)=C1NNC(C2CCN(CCO)CC2)=[NH+]1. The van der Waals surface area contributed by atoms with E-state index in [0.717, 1.165) is 31.8 Å². The molecule has 0 aliphatic carbocycles. The molecule has 0 aromatic heterocycles. The number of β-amino-alcohol motifs (C(OH)–C–C–N with tert-alkyl or cyclic N) is 1. The first kappa shape index (κ1) is 24.6. The Bertz CT molecular complexity index is 1050. The summed E-state index contributed by atoms with van der Waals surface area (Å²) >= 11 is 12.5. The van der Waals surface area contributed by atoms with E-state index < -0.39 is 5.82 Å². The van der Waals surface area contributed by atoms with E-state index in [1.54, 1.807) is 6.08 Å². The molecule has 3 aliphatic rings. The second kappa shape index (κ2) is 10.8. The van der Waals surface area contributed by atoms with Crippen LogP contribution in [-0.4, -0.2) is 65.9 Å². The van der Waals surface area contributed by atoms with Crippen molar-refractivity contribution < 1.29 is 14.5 Å². The fourth-order valence-corrected chi connectivity index (χ4v) is 4.86. The smallest absolute Gasteiger partial charge is 0.275 e. The van der Waals surface area contributed by atoms with E-state index in [0.29, 0.717) is 59.2 Å². The van der Waals surface area contributed by atoms with Crippen molar-refractivity contribution in [3.63, 3.8) is 0 Å². The number of benzene rings is 1. The van der Waals surface area contributed by atoms with Crippen molar-refractivity contribution in [1.82, 2.24) is 20.7 Å². The van der Waals surface area contributed by atoms with E-state index in [4.69, 9.17) is 39.8 Å². The summed E-state index contributed by atoms with van der Waals surface area (Å²) in [6.45, 7) is 4.07. The largest absolute Gasteiger partial charge is 0.395 e. The number of hydrogen-bond donors (Lipinski definition) is 6. The van der Waals surface area contributed by atoms with Gasteiger partial charge in [0, 0.05) is 30.2 Å². The van der Waals surface area contributed by atoms with Crippen LogP contribution in [0.3, 0.4) is 0 Å². The summed E-state index contributed by atoms with van der Waals surface area (Å²) in [5.74, 6) is 1.75. The Kier molecular flexibility index (Phi) is 7.82. The fourth-order valence-electron chi connectivity index (χ4n) is 4.37. The maximum absolute atomic E-state index is 14.0. The number of hydrazine groups is 1. The zero-order valence-electron chi connectivity index (χ0n) is 18.8. The van der Waals surface area contributed by atoms with Gasteiger partial charge in [-0.25, -0.2) is 9.38 Å². The highest BCUT2D eigenvalue weighted by molar-refractivity contribution is 6.36. The van der Waals surface area contributed by atoms with E-state index in [1.807, 2.05) is 4.90 Å². The lowest BCUT2D eigenvalue weighted by atomic mass is 9.96. The van der Waals surface area contributed by atoms with Gasteiger partial charge in [-0.1, -0.05) is 23.2 Å². The highest BCUT2D eigenvalue weighted by atomic mass is 35.5.